The molecule has 0 bridgehead atoms. The molecule has 0 radical (unpaired) electrons. The molecule has 0 unspecified atom stereocenters. The maximum Gasteiger partial charge on any atom is 0.134 e. The molecule has 0 fully saturated rings. The normalized spacial score (nSPS) is 11.3. The van der Waals surface area contributed by atoms with E-state index in [1.165, 1.54) is 6.42 Å². The van der Waals surface area contributed by atoms with Crippen molar-refractivity contribution < 1.29 is 0 Å². The molecule has 1 rings (SSSR count). The summed E-state index contributed by atoms with van der Waals surface area (Å²) >= 11 is 3.45. The Labute approximate surface area is 113 Å². The van der Waals surface area contributed by atoms with E-state index in [1.807, 2.05) is 6.07 Å². The lowest BCUT2D eigenvalue weighted by Gasteiger charge is -2.20. The van der Waals surface area contributed by atoms with Crippen LogP contribution >= 0.6 is 15.9 Å². The van der Waals surface area contributed by atoms with Crippen molar-refractivity contribution in [1.29, 1.82) is 0 Å². The number of hydrogen-bond acceptors (Lipinski definition) is 3. The molecule has 3 nitrogen and oxygen atoms in total. The molecule has 4 heteroatoms. The van der Waals surface area contributed by atoms with Crippen LogP contribution in [0.1, 0.15) is 45.9 Å². The van der Waals surface area contributed by atoms with Crippen LogP contribution in [0.3, 0.4) is 0 Å². The van der Waals surface area contributed by atoms with Gasteiger partial charge in [-0.2, -0.15) is 0 Å². The maximum absolute atomic E-state index is 4.60. The molecular weight excluding hydrogens is 278 g/mol. The van der Waals surface area contributed by atoms with Crippen molar-refractivity contribution in [2.75, 3.05) is 18.5 Å². The zero-order valence-corrected chi connectivity index (χ0v) is 13.0. The van der Waals surface area contributed by atoms with Crippen molar-refractivity contribution in [1.82, 2.24) is 9.97 Å². The van der Waals surface area contributed by atoms with Gasteiger partial charge in [-0.15, -0.1) is 0 Å². The SMILES string of the molecule is CC(C)CCN(C)c1cc(Br)nc(C(C)C)n1. The molecule has 0 atom stereocenters. The van der Waals surface area contributed by atoms with Crippen molar-refractivity contribution in [2.45, 2.75) is 40.0 Å². The molecule has 0 saturated heterocycles. The second-order valence-corrected chi connectivity index (χ2v) is 5.98. The van der Waals surface area contributed by atoms with Crippen molar-refractivity contribution >= 4 is 21.7 Å². The number of hydrogen-bond donors (Lipinski definition) is 0. The number of anilines is 1. The van der Waals surface area contributed by atoms with Crippen molar-refractivity contribution in [3.05, 3.63) is 16.5 Å². The summed E-state index contributed by atoms with van der Waals surface area (Å²) in [5.74, 6) is 2.96. The Balaban J connectivity index is 2.82. The van der Waals surface area contributed by atoms with E-state index in [0.29, 0.717) is 11.8 Å². The third-order valence-electron chi connectivity index (χ3n) is 2.65. The molecule has 1 aromatic rings. The Morgan fingerprint density at radius 2 is 1.88 bits per heavy atom. The molecule has 0 aliphatic carbocycles. The van der Waals surface area contributed by atoms with Gasteiger partial charge in [0.05, 0.1) is 0 Å². The van der Waals surface area contributed by atoms with E-state index in [9.17, 15) is 0 Å². The first-order chi connectivity index (χ1) is 7.90. The molecule has 0 spiro atoms. The highest BCUT2D eigenvalue weighted by atomic mass is 79.9. The van der Waals surface area contributed by atoms with Crippen LogP contribution in [-0.2, 0) is 0 Å². The predicted molar refractivity (Wildman–Crippen MR) is 76.5 cm³/mol. The van der Waals surface area contributed by atoms with Gasteiger partial charge in [0, 0.05) is 25.6 Å². The molecule has 96 valence electrons. The maximum atomic E-state index is 4.60. The molecule has 1 heterocycles. The summed E-state index contributed by atoms with van der Waals surface area (Å²) in [6.45, 7) is 9.73. The highest BCUT2D eigenvalue weighted by molar-refractivity contribution is 9.10. The van der Waals surface area contributed by atoms with Crippen LogP contribution in [0.4, 0.5) is 5.82 Å². The topological polar surface area (TPSA) is 29.0 Å². The van der Waals surface area contributed by atoms with Crippen molar-refractivity contribution in [2.24, 2.45) is 5.92 Å². The smallest absolute Gasteiger partial charge is 0.134 e. The third-order valence-corrected chi connectivity index (χ3v) is 3.05. The standard InChI is InChI=1S/C13H22BrN3/c1-9(2)6-7-17(5)12-8-11(14)15-13(16-12)10(3)4/h8-10H,6-7H2,1-5H3. The van der Waals surface area contributed by atoms with E-state index in [2.05, 4.69) is 65.5 Å². The molecule has 1 aromatic heterocycles. The zero-order chi connectivity index (χ0) is 13.0. The van der Waals surface area contributed by atoms with Crippen LogP contribution in [0, 0.1) is 5.92 Å². The van der Waals surface area contributed by atoms with Gasteiger partial charge in [-0.3, -0.25) is 0 Å². The van der Waals surface area contributed by atoms with Gasteiger partial charge >= 0.3 is 0 Å². The number of rotatable bonds is 5. The zero-order valence-electron chi connectivity index (χ0n) is 11.4. The highest BCUT2D eigenvalue weighted by Crippen LogP contribution is 2.20. The lowest BCUT2D eigenvalue weighted by atomic mass is 10.1. The Kier molecular flexibility index (Phi) is 5.37. The minimum atomic E-state index is 0.352. The van der Waals surface area contributed by atoms with Crippen molar-refractivity contribution in [3.63, 3.8) is 0 Å². The lowest BCUT2D eigenvalue weighted by Crippen LogP contribution is -2.21. The quantitative estimate of drug-likeness (QED) is 0.774. The summed E-state index contributed by atoms with van der Waals surface area (Å²) in [6.07, 6.45) is 1.18. The average Bonchev–Trinajstić information content (AvgIpc) is 2.24. The summed E-state index contributed by atoms with van der Waals surface area (Å²) in [5.41, 5.74) is 0. The summed E-state index contributed by atoms with van der Waals surface area (Å²) in [6, 6.07) is 1.98. The minimum Gasteiger partial charge on any atom is -0.360 e. The van der Waals surface area contributed by atoms with Gasteiger partial charge in [-0.05, 0) is 28.3 Å². The molecule has 0 N–H and O–H groups in total. The minimum absolute atomic E-state index is 0.352. The monoisotopic (exact) mass is 299 g/mol. The van der Waals surface area contributed by atoms with E-state index >= 15 is 0 Å². The van der Waals surface area contributed by atoms with Crippen LogP contribution in [0.25, 0.3) is 0 Å². The Morgan fingerprint density at radius 1 is 1.24 bits per heavy atom. The molecule has 0 saturated carbocycles. The van der Waals surface area contributed by atoms with Gasteiger partial charge in [-0.25, -0.2) is 9.97 Å². The fourth-order valence-electron chi connectivity index (χ4n) is 1.44. The Morgan fingerprint density at radius 3 is 2.41 bits per heavy atom. The van der Waals surface area contributed by atoms with Gasteiger partial charge in [0.25, 0.3) is 0 Å². The van der Waals surface area contributed by atoms with E-state index in [1.54, 1.807) is 0 Å². The Bertz CT molecular complexity index is 364. The number of nitrogens with zero attached hydrogens (tertiary/aromatic N) is 3. The first-order valence-corrected chi connectivity index (χ1v) is 6.95. The molecule has 0 amide bonds. The first kappa shape index (κ1) is 14.4. The Hall–Kier alpha value is -0.640. The van der Waals surface area contributed by atoms with E-state index < -0.39 is 0 Å². The second kappa shape index (κ2) is 6.34. The van der Waals surface area contributed by atoms with Crippen LogP contribution < -0.4 is 4.90 Å². The highest BCUT2D eigenvalue weighted by Gasteiger charge is 2.10. The van der Waals surface area contributed by atoms with E-state index in [-0.39, 0.29) is 0 Å². The molecule has 17 heavy (non-hydrogen) atoms. The second-order valence-electron chi connectivity index (χ2n) is 5.17. The van der Waals surface area contributed by atoms with Crippen LogP contribution in [-0.4, -0.2) is 23.6 Å². The van der Waals surface area contributed by atoms with Gasteiger partial charge in [-0.1, -0.05) is 27.7 Å². The summed E-state index contributed by atoms with van der Waals surface area (Å²) in [5, 5.41) is 0. The first-order valence-electron chi connectivity index (χ1n) is 6.15. The molecule has 0 aromatic carbocycles. The summed E-state index contributed by atoms with van der Waals surface area (Å²) < 4.78 is 0.864. The fraction of sp³-hybridized carbons (Fsp3) is 0.692. The molecule has 0 aliphatic heterocycles. The van der Waals surface area contributed by atoms with E-state index in [4.69, 9.17) is 0 Å². The van der Waals surface area contributed by atoms with Gasteiger partial charge in [0.1, 0.15) is 16.2 Å². The summed E-state index contributed by atoms with van der Waals surface area (Å²) in [7, 11) is 2.08. The van der Waals surface area contributed by atoms with Crippen LogP contribution in [0.2, 0.25) is 0 Å². The number of aromatic nitrogens is 2. The van der Waals surface area contributed by atoms with Crippen LogP contribution in [0.15, 0.2) is 10.7 Å². The average molecular weight is 300 g/mol. The molecular formula is C13H22BrN3. The van der Waals surface area contributed by atoms with Crippen LogP contribution in [0.5, 0.6) is 0 Å². The van der Waals surface area contributed by atoms with E-state index in [0.717, 1.165) is 22.8 Å². The summed E-state index contributed by atoms with van der Waals surface area (Å²) in [4.78, 5) is 11.2. The predicted octanol–water partition coefficient (Wildman–Crippen LogP) is 3.84. The lowest BCUT2D eigenvalue weighted by molar-refractivity contribution is 0.582. The van der Waals surface area contributed by atoms with Crippen molar-refractivity contribution in [3.8, 4) is 0 Å². The van der Waals surface area contributed by atoms with Gasteiger partial charge in [0.15, 0.2) is 0 Å². The molecule has 0 aliphatic rings. The number of halogens is 1. The van der Waals surface area contributed by atoms with Gasteiger partial charge in [0.2, 0.25) is 0 Å². The third kappa shape index (κ3) is 4.62. The fourth-order valence-corrected chi connectivity index (χ4v) is 1.83. The largest absolute Gasteiger partial charge is 0.360 e. The van der Waals surface area contributed by atoms with Gasteiger partial charge < -0.3 is 4.90 Å².